The number of nitrogens with one attached hydrogen (secondary N) is 3. The van der Waals surface area contributed by atoms with Crippen molar-refractivity contribution < 1.29 is 23.9 Å². The summed E-state index contributed by atoms with van der Waals surface area (Å²) >= 11 is 0. The molecule has 1 fully saturated rings. The maximum atomic E-state index is 13.7. The number of ether oxygens (including phenoxy) is 1. The van der Waals surface area contributed by atoms with Crippen LogP contribution in [-0.2, 0) is 36.8 Å². The summed E-state index contributed by atoms with van der Waals surface area (Å²) < 4.78 is 5.99. The van der Waals surface area contributed by atoms with Crippen LogP contribution in [0.25, 0.3) is 0 Å². The van der Waals surface area contributed by atoms with E-state index in [0.717, 1.165) is 30.4 Å². The lowest BCUT2D eigenvalue weighted by Crippen LogP contribution is -2.57. The highest BCUT2D eigenvalue weighted by molar-refractivity contribution is 5.94. The molecular weight excluding hydrogens is 518 g/mol. The Morgan fingerprint density at radius 3 is 1.83 bits per heavy atom. The molecule has 3 unspecified atom stereocenters. The van der Waals surface area contributed by atoms with Crippen LogP contribution in [0.3, 0.4) is 0 Å². The van der Waals surface area contributed by atoms with Crippen LogP contribution in [0.5, 0.6) is 0 Å². The highest BCUT2D eigenvalue weighted by atomic mass is 16.5. The Kier molecular flexibility index (Phi) is 12.4. The molecule has 222 valence electrons. The second kappa shape index (κ2) is 15.9. The number of unbranched alkanes of at least 4 members (excludes halogenated alkanes) is 1. The first-order valence-electron chi connectivity index (χ1n) is 14.9. The molecule has 1 saturated heterocycles. The highest BCUT2D eigenvalue weighted by Crippen LogP contribution is 2.21. The number of hydrogen-bond donors (Lipinski definition) is 3. The van der Waals surface area contributed by atoms with Crippen LogP contribution in [-0.4, -0.2) is 47.9 Å². The fourth-order valence-corrected chi connectivity index (χ4v) is 5.04. The molecule has 6 atom stereocenters. The molecule has 8 heteroatoms. The molecule has 0 aromatic heterocycles. The molecule has 3 N–H and O–H groups in total. The molecule has 1 aliphatic heterocycles. The largest absolute Gasteiger partial charge is 0.460 e. The first-order chi connectivity index (χ1) is 19.7. The van der Waals surface area contributed by atoms with Crippen LogP contribution in [0.15, 0.2) is 60.7 Å². The average molecular weight is 564 g/mol. The van der Waals surface area contributed by atoms with Gasteiger partial charge in [0.2, 0.25) is 17.7 Å². The van der Waals surface area contributed by atoms with E-state index in [0.29, 0.717) is 6.42 Å². The summed E-state index contributed by atoms with van der Waals surface area (Å²) in [7, 11) is 0. The first kappa shape index (κ1) is 31.8. The molecule has 0 saturated carbocycles. The van der Waals surface area contributed by atoms with E-state index < -0.39 is 42.0 Å². The van der Waals surface area contributed by atoms with Crippen molar-refractivity contribution in [3.05, 3.63) is 71.8 Å². The maximum Gasteiger partial charge on any atom is 0.329 e. The molecule has 0 bridgehead atoms. The Morgan fingerprint density at radius 2 is 1.29 bits per heavy atom. The monoisotopic (exact) mass is 563 g/mol. The second-order valence-electron chi connectivity index (χ2n) is 11.2. The van der Waals surface area contributed by atoms with Gasteiger partial charge in [0.15, 0.2) is 0 Å². The van der Waals surface area contributed by atoms with Crippen molar-refractivity contribution in [1.29, 1.82) is 0 Å². The molecule has 1 aliphatic rings. The van der Waals surface area contributed by atoms with Crippen LogP contribution in [0.1, 0.15) is 70.9 Å². The van der Waals surface area contributed by atoms with E-state index in [4.69, 9.17) is 4.74 Å². The third-order valence-electron chi connectivity index (χ3n) is 7.92. The SMILES string of the molecule is CCCCC(C)C1CC(=O)N[C@@H](Cc2ccccc2)C(=O)N[C@@H](Cc2ccccc2)C(=O)NC([C@@H](C)CC)C(=O)O1. The molecule has 3 rings (SSSR count). The lowest BCUT2D eigenvalue weighted by molar-refractivity contribution is -0.158. The minimum absolute atomic E-state index is 0.0657. The Bertz CT molecular complexity index is 1140. The van der Waals surface area contributed by atoms with E-state index >= 15 is 0 Å². The molecular formula is C33H45N3O5. The van der Waals surface area contributed by atoms with Gasteiger partial charge in [-0.15, -0.1) is 0 Å². The van der Waals surface area contributed by atoms with E-state index in [1.165, 1.54) is 0 Å². The molecule has 1 heterocycles. The van der Waals surface area contributed by atoms with E-state index in [2.05, 4.69) is 22.9 Å². The third-order valence-corrected chi connectivity index (χ3v) is 7.92. The van der Waals surface area contributed by atoms with Gasteiger partial charge in [-0.2, -0.15) is 0 Å². The van der Waals surface area contributed by atoms with Crippen molar-refractivity contribution in [3.63, 3.8) is 0 Å². The summed E-state index contributed by atoms with van der Waals surface area (Å²) in [6, 6.07) is 16.0. The topological polar surface area (TPSA) is 114 Å². The maximum absolute atomic E-state index is 13.7. The summed E-state index contributed by atoms with van der Waals surface area (Å²) in [6.07, 6.45) is 3.06. The van der Waals surface area contributed by atoms with Crippen molar-refractivity contribution in [3.8, 4) is 0 Å². The van der Waals surface area contributed by atoms with Gasteiger partial charge in [0.05, 0.1) is 6.42 Å². The van der Waals surface area contributed by atoms with Crippen molar-refractivity contribution in [2.75, 3.05) is 0 Å². The zero-order chi connectivity index (χ0) is 29.8. The molecule has 0 radical (unpaired) electrons. The summed E-state index contributed by atoms with van der Waals surface area (Å²) in [6.45, 7) is 7.88. The van der Waals surface area contributed by atoms with Gasteiger partial charge in [-0.05, 0) is 29.4 Å². The van der Waals surface area contributed by atoms with Crippen LogP contribution in [0.2, 0.25) is 0 Å². The van der Waals surface area contributed by atoms with Gasteiger partial charge in [0.1, 0.15) is 24.2 Å². The van der Waals surface area contributed by atoms with Crippen LogP contribution >= 0.6 is 0 Å². The Morgan fingerprint density at radius 1 is 0.756 bits per heavy atom. The van der Waals surface area contributed by atoms with Crippen molar-refractivity contribution in [1.82, 2.24) is 16.0 Å². The number of carbonyl (C=O) groups is 4. The zero-order valence-electron chi connectivity index (χ0n) is 24.7. The number of esters is 1. The number of amides is 3. The number of cyclic esters (lactones) is 1. The van der Waals surface area contributed by atoms with Crippen molar-refractivity contribution in [2.24, 2.45) is 11.8 Å². The predicted octanol–water partition coefficient (Wildman–Crippen LogP) is 4.11. The minimum Gasteiger partial charge on any atom is -0.460 e. The highest BCUT2D eigenvalue weighted by Gasteiger charge is 2.36. The van der Waals surface area contributed by atoms with Crippen molar-refractivity contribution in [2.45, 2.75) is 96.9 Å². The lowest BCUT2D eigenvalue weighted by Gasteiger charge is -2.29. The molecule has 0 aliphatic carbocycles. The summed E-state index contributed by atoms with van der Waals surface area (Å²) in [5.74, 6) is -2.14. The fraction of sp³-hybridized carbons (Fsp3) is 0.515. The normalized spacial score (nSPS) is 23.9. The number of rotatable bonds is 10. The second-order valence-corrected chi connectivity index (χ2v) is 11.2. The molecule has 2 aromatic rings. The summed E-state index contributed by atoms with van der Waals surface area (Å²) in [4.78, 5) is 54.3. The Hall–Kier alpha value is -3.68. The smallest absolute Gasteiger partial charge is 0.329 e. The Balaban J connectivity index is 1.99. The van der Waals surface area contributed by atoms with E-state index in [1.54, 1.807) is 0 Å². The summed E-state index contributed by atoms with van der Waals surface area (Å²) in [5.41, 5.74) is 1.73. The van der Waals surface area contributed by atoms with Gasteiger partial charge >= 0.3 is 5.97 Å². The number of benzene rings is 2. The third kappa shape index (κ3) is 9.73. The molecule has 3 amide bonds. The quantitative estimate of drug-likeness (QED) is 0.377. The van der Waals surface area contributed by atoms with Crippen LogP contribution in [0.4, 0.5) is 0 Å². The fourth-order valence-electron chi connectivity index (χ4n) is 5.04. The molecule has 8 nitrogen and oxygen atoms in total. The zero-order valence-corrected chi connectivity index (χ0v) is 24.7. The van der Waals surface area contributed by atoms with Crippen LogP contribution in [0, 0.1) is 11.8 Å². The standard InChI is InChI=1S/C33H45N3O5/c1-5-7-14-23(4)28-21-29(37)34-26(19-24-15-10-8-11-16-24)31(38)35-27(20-25-17-12-9-13-18-25)32(39)36-30(22(3)6-2)33(40)41-28/h8-13,15-18,22-23,26-28,30H,5-7,14,19-21H2,1-4H3,(H,34,37)(H,35,38)(H,36,39)/t22-,23?,26-,27-,28?,30?/m0/s1. The minimum atomic E-state index is -0.959. The van der Waals surface area contributed by atoms with Gasteiger partial charge in [-0.3, -0.25) is 14.4 Å². The average Bonchev–Trinajstić information content (AvgIpc) is 2.98. The van der Waals surface area contributed by atoms with E-state index in [9.17, 15) is 19.2 Å². The van der Waals surface area contributed by atoms with E-state index in [-0.39, 0.29) is 37.0 Å². The molecule has 41 heavy (non-hydrogen) atoms. The Labute approximate surface area is 244 Å². The predicted molar refractivity (Wildman–Crippen MR) is 159 cm³/mol. The molecule has 0 spiro atoms. The van der Waals surface area contributed by atoms with Crippen LogP contribution < -0.4 is 16.0 Å². The van der Waals surface area contributed by atoms with Gasteiger partial charge in [-0.1, -0.05) is 108 Å². The number of carbonyl (C=O) groups excluding carboxylic acids is 4. The van der Waals surface area contributed by atoms with Gasteiger partial charge in [-0.25, -0.2) is 4.79 Å². The number of hydrogen-bond acceptors (Lipinski definition) is 5. The van der Waals surface area contributed by atoms with Crippen molar-refractivity contribution >= 4 is 23.7 Å². The van der Waals surface area contributed by atoms with E-state index in [1.807, 2.05) is 81.4 Å². The first-order valence-corrected chi connectivity index (χ1v) is 14.9. The summed E-state index contributed by atoms with van der Waals surface area (Å²) in [5, 5.41) is 8.65. The molecule has 2 aromatic carbocycles. The van der Waals surface area contributed by atoms with Gasteiger partial charge in [0, 0.05) is 12.8 Å². The van der Waals surface area contributed by atoms with Gasteiger partial charge in [0.25, 0.3) is 0 Å². The lowest BCUT2D eigenvalue weighted by atomic mass is 9.94. The van der Waals surface area contributed by atoms with Gasteiger partial charge < -0.3 is 20.7 Å².